The molecule has 1 fully saturated rings. The molecule has 1 aliphatic heterocycles. The average molecular weight is 345 g/mol. The fraction of sp³-hybridized carbons (Fsp3) is 0.294. The summed E-state index contributed by atoms with van der Waals surface area (Å²) < 4.78 is 6.40. The van der Waals surface area contributed by atoms with Crippen LogP contribution in [0.1, 0.15) is 11.8 Å². The van der Waals surface area contributed by atoms with E-state index in [1.807, 2.05) is 36.4 Å². The first-order valence-corrected chi connectivity index (χ1v) is 7.80. The number of hydrogen-bond donors (Lipinski definition) is 4. The second kappa shape index (κ2) is 7.58. The molecule has 25 heavy (non-hydrogen) atoms. The smallest absolute Gasteiger partial charge is 0.351 e. The van der Waals surface area contributed by atoms with Crippen LogP contribution in [0, 0.1) is 0 Å². The molecule has 2 aromatic rings. The van der Waals surface area contributed by atoms with E-state index in [1.54, 1.807) is 12.3 Å². The van der Waals surface area contributed by atoms with Crippen LogP contribution in [-0.2, 0) is 4.74 Å². The molecular formula is C17H19N3O5. The van der Waals surface area contributed by atoms with Crippen LogP contribution < -0.4 is 11.0 Å². The molecule has 4 N–H and O–H groups in total. The minimum atomic E-state index is -1.33. The van der Waals surface area contributed by atoms with Crippen LogP contribution in [0.25, 0.3) is 6.08 Å². The van der Waals surface area contributed by atoms with Crippen LogP contribution in [-0.4, -0.2) is 49.8 Å². The van der Waals surface area contributed by atoms with Gasteiger partial charge >= 0.3 is 5.69 Å². The molecule has 8 nitrogen and oxygen atoms in total. The van der Waals surface area contributed by atoms with Gasteiger partial charge in [0, 0.05) is 12.4 Å². The first kappa shape index (κ1) is 17.3. The van der Waals surface area contributed by atoms with E-state index in [-0.39, 0.29) is 0 Å². The van der Waals surface area contributed by atoms with E-state index >= 15 is 0 Å². The molecule has 132 valence electrons. The Labute approximate surface area is 143 Å². The van der Waals surface area contributed by atoms with Crippen LogP contribution >= 0.6 is 0 Å². The maximum Gasteiger partial charge on any atom is 0.351 e. The van der Waals surface area contributed by atoms with Gasteiger partial charge in [-0.25, -0.2) is 4.79 Å². The zero-order valence-electron chi connectivity index (χ0n) is 13.3. The Morgan fingerprint density at radius 3 is 2.60 bits per heavy atom. The largest absolute Gasteiger partial charge is 0.394 e. The molecule has 0 radical (unpaired) electrons. The Kier molecular flexibility index (Phi) is 5.25. The lowest BCUT2D eigenvalue weighted by molar-refractivity contribution is -0.0549. The highest BCUT2D eigenvalue weighted by Gasteiger charge is 2.43. The van der Waals surface area contributed by atoms with Gasteiger partial charge in [-0.05, 0) is 17.7 Å². The maximum atomic E-state index is 12.2. The summed E-state index contributed by atoms with van der Waals surface area (Å²) in [5, 5.41) is 31.7. The van der Waals surface area contributed by atoms with Crippen molar-refractivity contribution in [3.63, 3.8) is 0 Å². The monoisotopic (exact) mass is 345 g/mol. The van der Waals surface area contributed by atoms with Crippen molar-refractivity contribution in [3.8, 4) is 0 Å². The van der Waals surface area contributed by atoms with Crippen LogP contribution in [0.2, 0.25) is 0 Å². The normalized spacial score (nSPS) is 26.2. The number of rotatable bonds is 5. The number of nitrogens with zero attached hydrogens (tertiary/aromatic N) is 2. The third-order valence-electron chi connectivity index (χ3n) is 3.93. The quantitative estimate of drug-likeness (QED) is 0.600. The third-order valence-corrected chi connectivity index (χ3v) is 3.93. The number of nitrogens with one attached hydrogen (secondary N) is 1. The van der Waals surface area contributed by atoms with E-state index < -0.39 is 36.8 Å². The Hall–Kier alpha value is -2.52. The van der Waals surface area contributed by atoms with Crippen LogP contribution in [0.4, 0.5) is 5.82 Å². The highest BCUT2D eigenvalue weighted by molar-refractivity contribution is 5.52. The molecule has 0 aliphatic carbocycles. The predicted molar refractivity (Wildman–Crippen MR) is 90.6 cm³/mol. The lowest BCUT2D eigenvalue weighted by Gasteiger charge is -2.17. The standard InChI is InChI=1S/C17H19N3O5/c21-10-12-14(22)15(23)16(25-12)20-9-7-13(19-17(20)24)18-8-6-11-4-2-1-3-5-11/h1-9,12,14-16,21-23H,10H2,(H,18,19,24)/t12-,14-,15-,16-/m1/s1. The van der Waals surface area contributed by atoms with Crippen molar-refractivity contribution >= 4 is 11.9 Å². The van der Waals surface area contributed by atoms with E-state index in [0.717, 1.165) is 10.1 Å². The molecule has 1 saturated heterocycles. The zero-order valence-corrected chi connectivity index (χ0v) is 13.3. The highest BCUT2D eigenvalue weighted by Crippen LogP contribution is 2.28. The summed E-state index contributed by atoms with van der Waals surface area (Å²) in [6, 6.07) is 11.2. The van der Waals surface area contributed by atoms with Gasteiger partial charge in [-0.15, -0.1) is 0 Å². The number of ether oxygens (including phenoxy) is 1. The molecule has 1 aromatic carbocycles. The van der Waals surface area contributed by atoms with E-state index in [0.29, 0.717) is 5.82 Å². The van der Waals surface area contributed by atoms with Crippen LogP contribution in [0.5, 0.6) is 0 Å². The van der Waals surface area contributed by atoms with Crippen molar-refractivity contribution in [3.05, 3.63) is 64.8 Å². The lowest BCUT2D eigenvalue weighted by atomic mass is 10.1. The number of hydrogen-bond acceptors (Lipinski definition) is 7. The predicted octanol–water partition coefficient (Wildman–Crippen LogP) is -0.0624. The second-order valence-corrected chi connectivity index (χ2v) is 5.62. The van der Waals surface area contributed by atoms with Gasteiger partial charge in [0.05, 0.1) is 6.61 Å². The molecule has 1 aliphatic rings. The van der Waals surface area contributed by atoms with Gasteiger partial charge in [0.2, 0.25) is 0 Å². The minimum absolute atomic E-state index is 0.333. The van der Waals surface area contributed by atoms with E-state index in [2.05, 4.69) is 10.3 Å². The van der Waals surface area contributed by atoms with Crippen LogP contribution in [0.3, 0.4) is 0 Å². The Bertz CT molecular complexity index is 792. The average Bonchev–Trinajstić information content (AvgIpc) is 2.91. The van der Waals surface area contributed by atoms with Gasteiger partial charge in [-0.3, -0.25) is 4.57 Å². The number of aromatic nitrogens is 2. The van der Waals surface area contributed by atoms with Gasteiger partial charge < -0.3 is 25.4 Å². The number of benzene rings is 1. The Balaban J connectivity index is 1.71. The second-order valence-electron chi connectivity index (χ2n) is 5.62. The molecule has 2 heterocycles. The molecule has 0 bridgehead atoms. The zero-order chi connectivity index (χ0) is 17.8. The molecule has 4 atom stereocenters. The molecule has 0 spiro atoms. The SMILES string of the molecule is O=c1nc(NC=Cc2ccccc2)ccn1[C@@H]1O[C@H](CO)[C@@H](O)[C@H]1O. The van der Waals surface area contributed by atoms with Gasteiger partial charge in [0.1, 0.15) is 24.1 Å². The van der Waals surface area contributed by atoms with Gasteiger partial charge in [0.25, 0.3) is 0 Å². The third kappa shape index (κ3) is 3.77. The fourth-order valence-corrected chi connectivity index (χ4v) is 2.58. The number of aliphatic hydroxyl groups is 3. The van der Waals surface area contributed by atoms with Crippen molar-refractivity contribution < 1.29 is 20.1 Å². The number of anilines is 1. The van der Waals surface area contributed by atoms with E-state index in [9.17, 15) is 15.0 Å². The van der Waals surface area contributed by atoms with Gasteiger partial charge in [-0.2, -0.15) is 4.98 Å². The summed E-state index contributed by atoms with van der Waals surface area (Å²) in [6.45, 7) is -0.458. The summed E-state index contributed by atoms with van der Waals surface area (Å²) in [6.07, 6.45) is 0.267. The van der Waals surface area contributed by atoms with E-state index in [4.69, 9.17) is 9.84 Å². The molecule has 8 heteroatoms. The fourth-order valence-electron chi connectivity index (χ4n) is 2.58. The molecule has 0 saturated carbocycles. The van der Waals surface area contributed by atoms with Crippen molar-refractivity contribution in [2.24, 2.45) is 0 Å². The summed E-state index contributed by atoms with van der Waals surface area (Å²) >= 11 is 0. The first-order valence-electron chi connectivity index (χ1n) is 7.80. The Morgan fingerprint density at radius 2 is 1.96 bits per heavy atom. The summed E-state index contributed by atoms with van der Waals surface area (Å²) in [5.74, 6) is 0.333. The minimum Gasteiger partial charge on any atom is -0.394 e. The topological polar surface area (TPSA) is 117 Å². The van der Waals surface area contributed by atoms with Crippen LogP contribution in [0.15, 0.2) is 53.6 Å². The molecule has 0 unspecified atom stereocenters. The van der Waals surface area contributed by atoms with Gasteiger partial charge in [-0.1, -0.05) is 30.3 Å². The lowest BCUT2D eigenvalue weighted by Crippen LogP contribution is -2.36. The van der Waals surface area contributed by atoms with Crippen molar-refractivity contribution in [1.82, 2.24) is 9.55 Å². The molecule has 1 aromatic heterocycles. The summed E-state index contributed by atoms with van der Waals surface area (Å²) in [7, 11) is 0. The first-order chi connectivity index (χ1) is 12.1. The van der Waals surface area contributed by atoms with Crippen molar-refractivity contribution in [2.45, 2.75) is 24.5 Å². The van der Waals surface area contributed by atoms with Gasteiger partial charge in [0.15, 0.2) is 6.23 Å². The number of aliphatic hydroxyl groups excluding tert-OH is 3. The Morgan fingerprint density at radius 1 is 1.20 bits per heavy atom. The summed E-state index contributed by atoms with van der Waals surface area (Å²) in [5.41, 5.74) is 0.350. The molecule has 0 amide bonds. The molecule has 3 rings (SSSR count). The van der Waals surface area contributed by atoms with Crippen molar-refractivity contribution in [1.29, 1.82) is 0 Å². The van der Waals surface area contributed by atoms with Crippen molar-refractivity contribution in [2.75, 3.05) is 11.9 Å². The van der Waals surface area contributed by atoms with E-state index in [1.165, 1.54) is 6.20 Å². The summed E-state index contributed by atoms with van der Waals surface area (Å²) in [4.78, 5) is 16.0. The molecular weight excluding hydrogens is 326 g/mol. The highest BCUT2D eigenvalue weighted by atomic mass is 16.6. The maximum absolute atomic E-state index is 12.2.